The van der Waals surface area contributed by atoms with Crippen molar-refractivity contribution < 1.29 is 4.74 Å². The quantitative estimate of drug-likeness (QED) is 0.160. The highest BCUT2D eigenvalue weighted by molar-refractivity contribution is 6.11. The number of allylic oxidation sites excluding steroid dienone is 1. The van der Waals surface area contributed by atoms with E-state index in [9.17, 15) is 0 Å². The predicted octanol–water partition coefficient (Wildman–Crippen LogP) is 16.7. The minimum Gasteiger partial charge on any atom is -0.457 e. The highest BCUT2D eigenvalue weighted by atomic mass is 16.5. The Labute approximate surface area is 396 Å². The maximum absolute atomic E-state index is 7.28. The van der Waals surface area contributed by atoms with E-state index in [1.54, 1.807) is 0 Å². The van der Waals surface area contributed by atoms with Crippen molar-refractivity contribution in [1.29, 1.82) is 0 Å². The molecular formula is C61H74N4O. The lowest BCUT2D eigenvalue weighted by molar-refractivity contribution is 0.477. The topological polar surface area (TPSA) is 33.5 Å². The molecule has 0 amide bonds. The number of benzene rings is 5. The van der Waals surface area contributed by atoms with Gasteiger partial charge in [0.15, 0.2) is 0 Å². The Bertz CT molecular complexity index is 2930. The Kier molecular flexibility index (Phi) is 11.5. The van der Waals surface area contributed by atoms with Crippen LogP contribution in [-0.4, -0.2) is 16.2 Å². The number of pyridine rings is 1. The normalized spacial score (nSPS) is 14.4. The van der Waals surface area contributed by atoms with Gasteiger partial charge in [0.25, 0.3) is 0 Å². The van der Waals surface area contributed by atoms with E-state index in [-0.39, 0.29) is 32.5 Å². The zero-order valence-corrected chi connectivity index (χ0v) is 43.0. The second-order valence-electron chi connectivity index (χ2n) is 24.5. The molecule has 0 atom stereocenters. The van der Waals surface area contributed by atoms with Crippen LogP contribution in [-0.2, 0) is 27.1 Å². The molecule has 2 aromatic heterocycles. The molecule has 0 saturated heterocycles. The Morgan fingerprint density at radius 3 is 1.67 bits per heavy atom. The van der Waals surface area contributed by atoms with E-state index in [1.807, 2.05) is 6.20 Å². The van der Waals surface area contributed by atoms with Crippen LogP contribution in [0.5, 0.6) is 11.5 Å². The van der Waals surface area contributed by atoms with Gasteiger partial charge in [0.1, 0.15) is 17.3 Å². The number of hydrogen-bond acceptors (Lipinski definition) is 4. The van der Waals surface area contributed by atoms with Crippen LogP contribution in [0.1, 0.15) is 151 Å². The summed E-state index contributed by atoms with van der Waals surface area (Å²) in [5.41, 5.74) is 12.8. The third-order valence-electron chi connectivity index (χ3n) is 13.7. The molecule has 1 aliphatic rings. The SMILES string of the molecule is CC(C)(C)C1=CN(c2cc(Oc3cc(C(C)(C)C)c4c5ccccc5n(-c5cc(C(C)(C)C)ccn5)c4c3)cc(C(C)(C)c3ccccc3)c2)CN1c1cc(C(C)(C)C)cc(C(C)(C)C)c1. The summed E-state index contributed by atoms with van der Waals surface area (Å²) in [6.45, 7) is 39.9. The van der Waals surface area contributed by atoms with E-state index in [2.05, 4.69) is 254 Å². The standard InChI is InChI=1S/C61H74N4O/c1-56(2,3)41-27-28-62-54(34-41)65-51-26-22-21-25-49(51)55-50(59(10,11)12)36-48(37-52(55)65)66-47-33-44(61(16,17)40-23-19-18-20-24-40)32-45(35-47)63-38-53(60(13,14)15)64(39-63)46-30-42(57(4,5)6)29-43(31-46)58(7,8)9/h18-38H,39H2,1-17H3. The molecule has 5 heteroatoms. The maximum Gasteiger partial charge on any atom is 0.137 e. The third kappa shape index (κ3) is 9.03. The van der Waals surface area contributed by atoms with Gasteiger partial charge in [-0.25, -0.2) is 4.98 Å². The molecular weight excluding hydrogens is 805 g/mol. The molecule has 0 spiro atoms. The first-order valence-electron chi connectivity index (χ1n) is 24.0. The van der Waals surface area contributed by atoms with Crippen molar-refractivity contribution in [1.82, 2.24) is 9.55 Å². The molecule has 0 N–H and O–H groups in total. The minimum atomic E-state index is -0.315. The van der Waals surface area contributed by atoms with E-state index < -0.39 is 0 Å². The van der Waals surface area contributed by atoms with Gasteiger partial charge in [-0.15, -0.1) is 0 Å². The summed E-state index contributed by atoms with van der Waals surface area (Å²) in [5.74, 6) is 2.50. The van der Waals surface area contributed by atoms with Crippen LogP contribution < -0.4 is 14.5 Å². The Morgan fingerprint density at radius 2 is 1.06 bits per heavy atom. The van der Waals surface area contributed by atoms with Crippen molar-refractivity contribution in [2.75, 3.05) is 16.5 Å². The van der Waals surface area contributed by atoms with Gasteiger partial charge in [-0.05, 0) is 104 Å². The molecule has 0 unspecified atom stereocenters. The first-order chi connectivity index (χ1) is 30.6. The molecule has 8 rings (SSSR count). The molecule has 5 nitrogen and oxygen atoms in total. The van der Waals surface area contributed by atoms with Crippen LogP contribution in [0, 0.1) is 5.41 Å². The summed E-state index contributed by atoms with van der Waals surface area (Å²) < 4.78 is 9.61. The van der Waals surface area contributed by atoms with Crippen LogP contribution in [0.2, 0.25) is 0 Å². The minimum absolute atomic E-state index is 0.00182. The fourth-order valence-electron chi connectivity index (χ4n) is 9.40. The molecule has 0 bridgehead atoms. The van der Waals surface area contributed by atoms with Gasteiger partial charge in [-0.3, -0.25) is 4.57 Å². The van der Waals surface area contributed by atoms with Gasteiger partial charge in [-0.2, -0.15) is 0 Å². The molecule has 0 fully saturated rings. The zero-order valence-electron chi connectivity index (χ0n) is 43.0. The van der Waals surface area contributed by atoms with Crippen LogP contribution in [0.25, 0.3) is 27.6 Å². The van der Waals surface area contributed by atoms with Crippen LogP contribution in [0.3, 0.4) is 0 Å². The second-order valence-corrected chi connectivity index (χ2v) is 24.5. The average molecular weight is 879 g/mol. The fraction of sp³-hybridized carbons (Fsp3) is 0.393. The molecule has 0 saturated carbocycles. The number of rotatable bonds is 7. The van der Waals surface area contributed by atoms with E-state index >= 15 is 0 Å². The summed E-state index contributed by atoms with van der Waals surface area (Å²) in [5, 5.41) is 2.44. The largest absolute Gasteiger partial charge is 0.457 e. The first kappa shape index (κ1) is 46.7. The van der Waals surface area contributed by atoms with Gasteiger partial charge in [0.2, 0.25) is 0 Å². The summed E-state index contributed by atoms with van der Waals surface area (Å²) in [4.78, 5) is 9.97. The van der Waals surface area contributed by atoms with Gasteiger partial charge >= 0.3 is 0 Å². The van der Waals surface area contributed by atoms with E-state index in [4.69, 9.17) is 9.72 Å². The first-order valence-corrected chi connectivity index (χ1v) is 24.0. The van der Waals surface area contributed by atoms with Gasteiger partial charge < -0.3 is 14.5 Å². The van der Waals surface area contributed by atoms with Crippen molar-refractivity contribution in [2.24, 2.45) is 5.41 Å². The molecule has 1 aliphatic heterocycles. The van der Waals surface area contributed by atoms with E-state index in [0.717, 1.165) is 34.0 Å². The Hall–Kier alpha value is -5.81. The molecule has 7 aromatic rings. The maximum atomic E-state index is 7.28. The van der Waals surface area contributed by atoms with Crippen LogP contribution in [0.4, 0.5) is 11.4 Å². The molecule has 3 heterocycles. The Balaban J connectivity index is 1.31. The zero-order chi connectivity index (χ0) is 47.9. The third-order valence-corrected chi connectivity index (χ3v) is 13.7. The number of anilines is 2. The lowest BCUT2D eigenvalue weighted by atomic mass is 9.78. The smallest absolute Gasteiger partial charge is 0.137 e. The number of aromatic nitrogens is 2. The predicted molar refractivity (Wildman–Crippen MR) is 282 cm³/mol. The molecule has 0 aliphatic carbocycles. The number of fused-ring (bicyclic) bond motifs is 3. The summed E-state index contributed by atoms with van der Waals surface area (Å²) >= 11 is 0. The van der Waals surface area contributed by atoms with Crippen LogP contribution >= 0.6 is 0 Å². The van der Waals surface area contributed by atoms with Gasteiger partial charge in [0, 0.05) is 63.2 Å². The van der Waals surface area contributed by atoms with Crippen molar-refractivity contribution >= 4 is 33.2 Å². The number of para-hydroxylation sites is 1. The lowest BCUT2D eigenvalue weighted by Gasteiger charge is -2.34. The lowest BCUT2D eigenvalue weighted by Crippen LogP contribution is -2.31. The molecule has 0 radical (unpaired) electrons. The monoisotopic (exact) mass is 879 g/mol. The Morgan fingerprint density at radius 1 is 0.470 bits per heavy atom. The number of ether oxygens (including phenoxy) is 1. The van der Waals surface area contributed by atoms with E-state index in [0.29, 0.717) is 6.67 Å². The second kappa shape index (κ2) is 16.2. The number of nitrogens with zero attached hydrogens (tertiary/aromatic N) is 4. The van der Waals surface area contributed by atoms with Gasteiger partial charge in [-0.1, -0.05) is 172 Å². The van der Waals surface area contributed by atoms with Crippen molar-refractivity contribution in [3.63, 3.8) is 0 Å². The molecule has 344 valence electrons. The summed E-state index contributed by atoms with van der Waals surface area (Å²) in [6, 6.07) is 42.6. The van der Waals surface area contributed by atoms with Crippen molar-refractivity contribution in [3.8, 4) is 17.3 Å². The van der Waals surface area contributed by atoms with Crippen LogP contribution in [0.15, 0.2) is 133 Å². The highest BCUT2D eigenvalue weighted by Gasteiger charge is 2.35. The summed E-state index contributed by atoms with van der Waals surface area (Å²) in [6.07, 6.45) is 4.33. The molecule has 5 aromatic carbocycles. The summed E-state index contributed by atoms with van der Waals surface area (Å²) in [7, 11) is 0. The van der Waals surface area contributed by atoms with Gasteiger partial charge in [0.05, 0.1) is 17.7 Å². The number of hydrogen-bond donors (Lipinski definition) is 0. The van der Waals surface area contributed by atoms with E-state index in [1.165, 1.54) is 55.5 Å². The highest BCUT2D eigenvalue weighted by Crippen LogP contribution is 2.46. The fourth-order valence-corrected chi connectivity index (χ4v) is 9.40. The molecule has 66 heavy (non-hydrogen) atoms. The average Bonchev–Trinajstić information content (AvgIpc) is 3.83. The van der Waals surface area contributed by atoms with Crippen molar-refractivity contribution in [2.45, 2.75) is 145 Å². The van der Waals surface area contributed by atoms with Crippen molar-refractivity contribution in [3.05, 3.63) is 167 Å².